The molecule has 0 saturated carbocycles. The van der Waals surface area contributed by atoms with E-state index in [9.17, 15) is 19.5 Å². The van der Waals surface area contributed by atoms with Gasteiger partial charge in [0.05, 0.1) is 11.6 Å². The molecule has 0 aliphatic carbocycles. The second-order valence-corrected chi connectivity index (χ2v) is 5.88. The molecule has 0 spiro atoms. The highest BCUT2D eigenvalue weighted by molar-refractivity contribution is 6.39. The second kappa shape index (κ2) is 6.40. The average molecular weight is 330 g/mol. The monoisotopic (exact) mass is 330 g/mol. The SMILES string of the molecule is NC(=O)C(=O)N1N=C(c2ccccc2O)[C@@H](CN2CCCC2)C1=O. The Kier molecular flexibility index (Phi) is 4.30. The van der Waals surface area contributed by atoms with Crippen molar-refractivity contribution in [1.29, 1.82) is 0 Å². The van der Waals surface area contributed by atoms with Crippen LogP contribution >= 0.6 is 0 Å². The first-order valence-corrected chi connectivity index (χ1v) is 7.76. The number of aromatic hydroxyl groups is 1. The molecule has 1 fully saturated rings. The predicted octanol–water partition coefficient (Wildman–Crippen LogP) is -0.338. The van der Waals surface area contributed by atoms with Crippen molar-refractivity contribution in [1.82, 2.24) is 9.91 Å². The van der Waals surface area contributed by atoms with E-state index in [4.69, 9.17) is 5.73 Å². The molecule has 1 aromatic carbocycles. The molecule has 3 N–H and O–H groups in total. The number of carbonyl (C=O) groups is 3. The first kappa shape index (κ1) is 16.1. The third-order valence-corrected chi connectivity index (χ3v) is 4.27. The molecule has 3 amide bonds. The number of hydrogen-bond donors (Lipinski definition) is 2. The molecule has 1 saturated heterocycles. The van der Waals surface area contributed by atoms with E-state index >= 15 is 0 Å². The highest BCUT2D eigenvalue weighted by Crippen LogP contribution is 2.28. The van der Waals surface area contributed by atoms with Gasteiger partial charge in [-0.2, -0.15) is 10.1 Å². The maximum Gasteiger partial charge on any atom is 0.338 e. The van der Waals surface area contributed by atoms with Gasteiger partial charge in [-0.1, -0.05) is 12.1 Å². The highest BCUT2D eigenvalue weighted by Gasteiger charge is 2.42. The van der Waals surface area contributed by atoms with Gasteiger partial charge in [-0.25, -0.2) is 0 Å². The van der Waals surface area contributed by atoms with Gasteiger partial charge in [-0.15, -0.1) is 0 Å². The summed E-state index contributed by atoms with van der Waals surface area (Å²) in [7, 11) is 0. The Morgan fingerprint density at radius 3 is 2.54 bits per heavy atom. The summed E-state index contributed by atoms with van der Waals surface area (Å²) in [4.78, 5) is 37.7. The van der Waals surface area contributed by atoms with E-state index in [1.165, 1.54) is 6.07 Å². The topological polar surface area (TPSA) is 116 Å². The summed E-state index contributed by atoms with van der Waals surface area (Å²) in [5.74, 6) is -3.77. The Bertz CT molecular complexity index is 725. The molecule has 3 rings (SSSR count). The second-order valence-electron chi connectivity index (χ2n) is 5.88. The fraction of sp³-hybridized carbons (Fsp3) is 0.375. The standard InChI is InChI=1S/C16H18N4O4/c17-14(22)16(24)20-15(23)11(9-19-7-3-4-8-19)13(18-20)10-5-1-2-6-12(10)21/h1-2,5-6,11,21H,3-4,7-9H2,(H2,17,22)/t11-/m1/s1. The number of nitrogens with zero attached hydrogens (tertiary/aromatic N) is 3. The summed E-state index contributed by atoms with van der Waals surface area (Å²) in [6.45, 7) is 2.11. The van der Waals surface area contributed by atoms with Crippen LogP contribution in [-0.2, 0) is 14.4 Å². The number of likely N-dealkylation sites (tertiary alicyclic amines) is 1. The normalized spacial score (nSPS) is 21.2. The number of phenolic OH excluding ortho intramolecular Hbond substituents is 1. The van der Waals surface area contributed by atoms with Gasteiger partial charge < -0.3 is 15.7 Å². The molecule has 0 bridgehead atoms. The molecule has 2 heterocycles. The zero-order chi connectivity index (χ0) is 17.3. The van der Waals surface area contributed by atoms with Crippen LogP contribution in [0.15, 0.2) is 29.4 Å². The van der Waals surface area contributed by atoms with Gasteiger partial charge >= 0.3 is 11.8 Å². The Labute approximate surface area is 138 Å². The largest absolute Gasteiger partial charge is 0.507 e. The third-order valence-electron chi connectivity index (χ3n) is 4.27. The van der Waals surface area contributed by atoms with Gasteiger partial charge in [-0.3, -0.25) is 14.4 Å². The van der Waals surface area contributed by atoms with Crippen LogP contribution in [0.2, 0.25) is 0 Å². The maximum absolute atomic E-state index is 12.6. The zero-order valence-electron chi connectivity index (χ0n) is 13.0. The van der Waals surface area contributed by atoms with Crippen molar-refractivity contribution < 1.29 is 19.5 Å². The molecule has 8 nitrogen and oxygen atoms in total. The van der Waals surface area contributed by atoms with Crippen LogP contribution in [0.1, 0.15) is 18.4 Å². The summed E-state index contributed by atoms with van der Waals surface area (Å²) in [5.41, 5.74) is 5.64. The average Bonchev–Trinajstić information content (AvgIpc) is 3.17. The Morgan fingerprint density at radius 2 is 1.92 bits per heavy atom. The predicted molar refractivity (Wildman–Crippen MR) is 84.9 cm³/mol. The van der Waals surface area contributed by atoms with E-state index in [-0.39, 0.29) is 11.5 Å². The molecule has 0 radical (unpaired) electrons. The molecule has 1 aromatic rings. The van der Waals surface area contributed by atoms with Crippen molar-refractivity contribution in [2.45, 2.75) is 12.8 Å². The third kappa shape index (κ3) is 2.88. The Morgan fingerprint density at radius 1 is 1.25 bits per heavy atom. The molecule has 1 atom stereocenters. The Balaban J connectivity index is 1.97. The highest BCUT2D eigenvalue weighted by atomic mass is 16.3. The number of hydrazone groups is 1. The van der Waals surface area contributed by atoms with Crippen molar-refractivity contribution in [2.24, 2.45) is 16.8 Å². The quantitative estimate of drug-likeness (QED) is 0.736. The van der Waals surface area contributed by atoms with Gasteiger partial charge in [-0.05, 0) is 38.1 Å². The molecule has 2 aliphatic rings. The number of imide groups is 1. The van der Waals surface area contributed by atoms with E-state index in [0.29, 0.717) is 17.1 Å². The minimum Gasteiger partial charge on any atom is -0.507 e. The van der Waals surface area contributed by atoms with E-state index in [0.717, 1.165) is 25.9 Å². The zero-order valence-corrected chi connectivity index (χ0v) is 13.0. The van der Waals surface area contributed by atoms with Crippen LogP contribution in [0.25, 0.3) is 0 Å². The number of phenols is 1. The number of rotatable bonds is 3. The van der Waals surface area contributed by atoms with Gasteiger partial charge in [0.1, 0.15) is 5.75 Å². The number of hydrogen-bond acceptors (Lipinski definition) is 6. The van der Waals surface area contributed by atoms with E-state index < -0.39 is 23.6 Å². The molecular formula is C16H18N4O4. The van der Waals surface area contributed by atoms with Gasteiger partial charge in [0, 0.05) is 12.1 Å². The van der Waals surface area contributed by atoms with Crippen LogP contribution < -0.4 is 5.73 Å². The van der Waals surface area contributed by atoms with Gasteiger partial charge in [0.15, 0.2) is 0 Å². The lowest BCUT2D eigenvalue weighted by atomic mass is 9.95. The lowest BCUT2D eigenvalue weighted by Gasteiger charge is -2.20. The van der Waals surface area contributed by atoms with Gasteiger partial charge in [0.25, 0.3) is 5.91 Å². The van der Waals surface area contributed by atoms with Crippen LogP contribution in [0, 0.1) is 5.92 Å². The van der Waals surface area contributed by atoms with E-state index in [1.54, 1.807) is 18.2 Å². The maximum atomic E-state index is 12.6. The molecule has 126 valence electrons. The fourth-order valence-electron chi connectivity index (χ4n) is 3.06. The summed E-state index contributed by atoms with van der Waals surface area (Å²) in [6, 6.07) is 6.45. The number of para-hydroxylation sites is 1. The van der Waals surface area contributed by atoms with Crippen molar-refractivity contribution >= 4 is 23.4 Å². The van der Waals surface area contributed by atoms with Gasteiger partial charge in [0.2, 0.25) is 0 Å². The summed E-state index contributed by atoms with van der Waals surface area (Å²) in [6.07, 6.45) is 2.10. The number of amides is 3. The number of carbonyl (C=O) groups excluding carboxylic acids is 3. The summed E-state index contributed by atoms with van der Waals surface area (Å²) < 4.78 is 0. The van der Waals surface area contributed by atoms with E-state index in [1.807, 2.05) is 0 Å². The van der Waals surface area contributed by atoms with Crippen LogP contribution in [0.3, 0.4) is 0 Å². The first-order chi connectivity index (χ1) is 11.5. The van der Waals surface area contributed by atoms with Crippen molar-refractivity contribution in [2.75, 3.05) is 19.6 Å². The first-order valence-electron chi connectivity index (χ1n) is 7.76. The number of benzene rings is 1. The molecular weight excluding hydrogens is 312 g/mol. The number of primary amides is 1. The Hall–Kier alpha value is -2.74. The van der Waals surface area contributed by atoms with E-state index in [2.05, 4.69) is 10.0 Å². The van der Waals surface area contributed by atoms with Crippen LogP contribution in [-0.4, -0.2) is 58.1 Å². The van der Waals surface area contributed by atoms with Crippen molar-refractivity contribution in [3.63, 3.8) is 0 Å². The fourth-order valence-corrected chi connectivity index (χ4v) is 3.06. The van der Waals surface area contributed by atoms with Crippen molar-refractivity contribution in [3.8, 4) is 5.75 Å². The lowest BCUT2D eigenvalue weighted by Crippen LogP contribution is -2.42. The molecule has 2 aliphatic heterocycles. The lowest BCUT2D eigenvalue weighted by molar-refractivity contribution is -0.151. The molecule has 0 unspecified atom stereocenters. The smallest absolute Gasteiger partial charge is 0.338 e. The van der Waals surface area contributed by atoms with Crippen molar-refractivity contribution in [3.05, 3.63) is 29.8 Å². The molecule has 8 heteroatoms. The minimum atomic E-state index is -1.24. The molecule has 0 aromatic heterocycles. The van der Waals surface area contributed by atoms with Crippen LogP contribution in [0.4, 0.5) is 0 Å². The molecule has 24 heavy (non-hydrogen) atoms. The summed E-state index contributed by atoms with van der Waals surface area (Å²) in [5, 5.41) is 14.6. The number of nitrogens with two attached hydrogens (primary N) is 1. The minimum absolute atomic E-state index is 0.0381. The summed E-state index contributed by atoms with van der Waals surface area (Å²) >= 11 is 0. The van der Waals surface area contributed by atoms with Crippen LogP contribution in [0.5, 0.6) is 5.75 Å².